The molecule has 0 unspecified atom stereocenters. The lowest BCUT2D eigenvalue weighted by atomic mass is 9.97. The van der Waals surface area contributed by atoms with Gasteiger partial charge in [-0.1, -0.05) is 74.0 Å². The molecule has 260 valence electrons. The van der Waals surface area contributed by atoms with E-state index in [1.807, 2.05) is 75.4 Å². The van der Waals surface area contributed by atoms with Crippen LogP contribution in [-0.2, 0) is 21.2 Å². The van der Waals surface area contributed by atoms with Crippen LogP contribution in [0.5, 0.6) is 5.75 Å². The minimum Gasteiger partial charge on any atom is -0.490 e. The predicted octanol–water partition coefficient (Wildman–Crippen LogP) is 7.44. The maximum atomic E-state index is 13.1. The van der Waals surface area contributed by atoms with E-state index in [2.05, 4.69) is 4.72 Å². The lowest BCUT2D eigenvalue weighted by molar-refractivity contribution is 0.0291. The molecule has 0 saturated heterocycles. The molecule has 1 aliphatic rings. The standard InChI is InChI=1S/C38H50N2O7S/c1-5-25-48(44,45)39-36(42)33-23-22-31(26-35(33)47-32-16-10-7-11-17-32)29-20-18-28(19-21-29)13-12-24-40(38(2,3)4)37(43)46-27-34(41)30-14-8-6-9-15-30/h6,8-9,14-15,18-23,26,32,34,41H,5,7,10-13,16-17,24-25,27H2,1-4H3,(H,39,42)/t34-/m0/s1. The zero-order chi connectivity index (χ0) is 34.7. The van der Waals surface area contributed by atoms with Gasteiger partial charge in [-0.15, -0.1) is 0 Å². The summed E-state index contributed by atoms with van der Waals surface area (Å²) >= 11 is 0. The maximum Gasteiger partial charge on any atom is 0.410 e. The second-order valence-electron chi connectivity index (χ2n) is 13.5. The monoisotopic (exact) mass is 678 g/mol. The van der Waals surface area contributed by atoms with Crippen molar-refractivity contribution < 1.29 is 32.6 Å². The van der Waals surface area contributed by atoms with E-state index in [1.54, 1.807) is 30.0 Å². The van der Waals surface area contributed by atoms with Gasteiger partial charge in [0.25, 0.3) is 5.91 Å². The summed E-state index contributed by atoms with van der Waals surface area (Å²) in [6, 6.07) is 22.5. The summed E-state index contributed by atoms with van der Waals surface area (Å²) in [6.45, 7) is 8.00. The Bertz CT molecular complexity index is 1600. The SMILES string of the molecule is CCCS(=O)(=O)NC(=O)c1ccc(-c2ccc(CCCN(C(=O)OC[C@H](O)c3ccccc3)C(C)(C)C)cc2)cc1OC1CCCCC1. The van der Waals surface area contributed by atoms with E-state index in [0.717, 1.165) is 61.6 Å². The summed E-state index contributed by atoms with van der Waals surface area (Å²) in [7, 11) is -3.73. The van der Waals surface area contributed by atoms with Gasteiger partial charge in [-0.25, -0.2) is 17.9 Å². The lowest BCUT2D eigenvalue weighted by Crippen LogP contribution is -2.46. The largest absolute Gasteiger partial charge is 0.490 e. The molecule has 48 heavy (non-hydrogen) atoms. The molecule has 2 amide bonds. The van der Waals surface area contributed by atoms with Gasteiger partial charge in [-0.2, -0.15) is 0 Å². The summed E-state index contributed by atoms with van der Waals surface area (Å²) in [6.07, 6.45) is 5.58. The van der Waals surface area contributed by atoms with Crippen LogP contribution in [0.2, 0.25) is 0 Å². The van der Waals surface area contributed by atoms with Gasteiger partial charge in [0, 0.05) is 12.1 Å². The highest BCUT2D eigenvalue weighted by Gasteiger charge is 2.28. The average molecular weight is 679 g/mol. The van der Waals surface area contributed by atoms with Crippen LogP contribution in [0, 0.1) is 0 Å². The molecule has 1 atom stereocenters. The molecular weight excluding hydrogens is 628 g/mol. The molecule has 10 heteroatoms. The topological polar surface area (TPSA) is 122 Å². The number of sulfonamides is 1. The molecule has 1 saturated carbocycles. The summed E-state index contributed by atoms with van der Waals surface area (Å²) in [5.41, 5.74) is 3.35. The number of ether oxygens (including phenoxy) is 2. The fraction of sp³-hybridized carbons (Fsp3) is 0.474. The molecule has 0 aliphatic heterocycles. The maximum absolute atomic E-state index is 13.1. The van der Waals surface area contributed by atoms with E-state index in [9.17, 15) is 23.1 Å². The van der Waals surface area contributed by atoms with Gasteiger partial charge in [-0.05, 0) is 100 Å². The van der Waals surface area contributed by atoms with E-state index in [0.29, 0.717) is 24.3 Å². The minimum atomic E-state index is -3.73. The van der Waals surface area contributed by atoms with E-state index < -0.39 is 33.7 Å². The summed E-state index contributed by atoms with van der Waals surface area (Å²) < 4.78 is 38.7. The highest BCUT2D eigenvalue weighted by atomic mass is 32.2. The fourth-order valence-corrected chi connectivity index (χ4v) is 6.90. The number of hydrogen-bond acceptors (Lipinski definition) is 7. The Morgan fingerprint density at radius 1 is 0.958 bits per heavy atom. The number of aliphatic hydroxyl groups excluding tert-OH is 1. The number of aryl methyl sites for hydroxylation is 1. The van der Waals surface area contributed by atoms with Crippen molar-refractivity contribution in [1.29, 1.82) is 0 Å². The number of nitrogens with one attached hydrogen (secondary N) is 1. The van der Waals surface area contributed by atoms with Crippen molar-refractivity contribution in [3.63, 3.8) is 0 Å². The number of benzene rings is 3. The number of carbonyl (C=O) groups is 2. The Hall–Kier alpha value is -3.89. The highest BCUT2D eigenvalue weighted by Crippen LogP contribution is 2.31. The quantitative estimate of drug-likeness (QED) is 0.182. The first kappa shape index (κ1) is 36.9. The molecule has 0 heterocycles. The average Bonchev–Trinajstić information content (AvgIpc) is 3.05. The van der Waals surface area contributed by atoms with Crippen molar-refractivity contribution in [3.05, 3.63) is 89.5 Å². The van der Waals surface area contributed by atoms with Crippen LogP contribution in [0.15, 0.2) is 72.8 Å². The van der Waals surface area contributed by atoms with E-state index in [4.69, 9.17) is 9.47 Å². The number of hydrogen-bond donors (Lipinski definition) is 2. The third-order valence-electron chi connectivity index (χ3n) is 8.51. The molecule has 4 rings (SSSR count). The Morgan fingerprint density at radius 2 is 1.62 bits per heavy atom. The van der Waals surface area contributed by atoms with Gasteiger partial charge in [-0.3, -0.25) is 4.79 Å². The Kier molecular flexibility index (Phi) is 13.1. The van der Waals surface area contributed by atoms with Gasteiger partial charge < -0.3 is 19.5 Å². The molecule has 0 aromatic heterocycles. The molecule has 0 bridgehead atoms. The third kappa shape index (κ3) is 10.8. The van der Waals surface area contributed by atoms with Crippen molar-refractivity contribution in [2.45, 2.75) is 96.8 Å². The van der Waals surface area contributed by atoms with E-state index >= 15 is 0 Å². The van der Waals surface area contributed by atoms with Crippen LogP contribution < -0.4 is 9.46 Å². The second-order valence-corrected chi connectivity index (χ2v) is 15.3. The normalized spacial score (nSPS) is 14.6. The smallest absolute Gasteiger partial charge is 0.410 e. The number of aliphatic hydroxyl groups is 1. The predicted molar refractivity (Wildman–Crippen MR) is 188 cm³/mol. The number of rotatable bonds is 14. The van der Waals surface area contributed by atoms with Crippen LogP contribution in [0.3, 0.4) is 0 Å². The van der Waals surface area contributed by atoms with Gasteiger partial charge in [0.1, 0.15) is 18.5 Å². The second kappa shape index (κ2) is 17.0. The first-order valence-corrected chi connectivity index (χ1v) is 18.6. The molecule has 0 spiro atoms. The molecule has 2 N–H and O–H groups in total. The Labute approximate surface area is 285 Å². The molecular formula is C38H50N2O7S. The van der Waals surface area contributed by atoms with Crippen LogP contribution in [-0.4, -0.2) is 61.0 Å². The Balaban J connectivity index is 1.40. The Morgan fingerprint density at radius 3 is 2.27 bits per heavy atom. The number of carbonyl (C=O) groups excluding carboxylic acids is 2. The minimum absolute atomic E-state index is 0.0194. The molecule has 1 aliphatic carbocycles. The van der Waals surface area contributed by atoms with Gasteiger partial charge in [0.05, 0.1) is 17.4 Å². The van der Waals surface area contributed by atoms with Gasteiger partial charge >= 0.3 is 6.09 Å². The van der Waals surface area contributed by atoms with Crippen LogP contribution in [0.4, 0.5) is 4.79 Å². The van der Waals surface area contributed by atoms with Gasteiger partial charge in [0.2, 0.25) is 10.0 Å². The molecule has 3 aromatic carbocycles. The first-order valence-electron chi connectivity index (χ1n) is 17.0. The zero-order valence-corrected chi connectivity index (χ0v) is 29.4. The molecule has 0 radical (unpaired) electrons. The fourth-order valence-electron chi connectivity index (χ4n) is 5.87. The van der Waals surface area contributed by atoms with Crippen molar-refractivity contribution in [3.8, 4) is 16.9 Å². The van der Waals surface area contributed by atoms with E-state index in [-0.39, 0.29) is 24.0 Å². The van der Waals surface area contributed by atoms with E-state index in [1.165, 1.54) is 0 Å². The lowest BCUT2D eigenvalue weighted by Gasteiger charge is -2.35. The van der Waals surface area contributed by atoms with Crippen molar-refractivity contribution in [2.75, 3.05) is 18.9 Å². The van der Waals surface area contributed by atoms with Crippen molar-refractivity contribution in [1.82, 2.24) is 9.62 Å². The number of nitrogens with zero attached hydrogens (tertiary/aromatic N) is 1. The molecule has 1 fully saturated rings. The highest BCUT2D eigenvalue weighted by molar-refractivity contribution is 7.90. The summed E-state index contributed by atoms with van der Waals surface area (Å²) in [5.74, 6) is -0.422. The number of amides is 2. The van der Waals surface area contributed by atoms with Crippen molar-refractivity contribution >= 4 is 22.0 Å². The van der Waals surface area contributed by atoms with Gasteiger partial charge in [0.15, 0.2) is 0 Å². The van der Waals surface area contributed by atoms with Crippen LogP contribution >= 0.6 is 0 Å². The van der Waals surface area contributed by atoms with Crippen molar-refractivity contribution in [2.24, 2.45) is 0 Å². The van der Waals surface area contributed by atoms with Crippen LogP contribution in [0.25, 0.3) is 11.1 Å². The molecule has 9 nitrogen and oxygen atoms in total. The first-order chi connectivity index (χ1) is 22.9. The zero-order valence-electron chi connectivity index (χ0n) is 28.6. The van der Waals surface area contributed by atoms with Crippen LogP contribution in [0.1, 0.15) is 100 Å². The molecule has 3 aromatic rings. The third-order valence-corrected chi connectivity index (χ3v) is 9.95. The summed E-state index contributed by atoms with van der Waals surface area (Å²) in [5, 5.41) is 10.4. The summed E-state index contributed by atoms with van der Waals surface area (Å²) in [4.78, 5) is 27.8.